The van der Waals surface area contributed by atoms with Gasteiger partial charge in [0.25, 0.3) is 0 Å². The van der Waals surface area contributed by atoms with E-state index in [0.29, 0.717) is 6.04 Å². The van der Waals surface area contributed by atoms with Gasteiger partial charge in [-0.05, 0) is 25.1 Å². The minimum absolute atomic E-state index is 0. The zero-order valence-corrected chi connectivity index (χ0v) is 13.0. The van der Waals surface area contributed by atoms with Crippen molar-refractivity contribution in [2.45, 2.75) is 13.0 Å². The fourth-order valence-corrected chi connectivity index (χ4v) is 2.18. The predicted molar refractivity (Wildman–Crippen MR) is 81.9 cm³/mol. The molecule has 7 heteroatoms. The number of benzene rings is 1. The number of ether oxygens (including phenoxy) is 1. The van der Waals surface area contributed by atoms with Gasteiger partial charge in [-0.15, -0.1) is 24.8 Å². The number of hydrogen-bond donors (Lipinski definition) is 1. The molecular formula is C13H19Cl2FN2O2. The van der Waals surface area contributed by atoms with Gasteiger partial charge in [0, 0.05) is 31.4 Å². The van der Waals surface area contributed by atoms with Crippen LogP contribution in [0.5, 0.6) is 0 Å². The predicted octanol–water partition coefficient (Wildman–Crippen LogP) is 2.25. The van der Waals surface area contributed by atoms with Gasteiger partial charge in [-0.3, -0.25) is 0 Å². The summed E-state index contributed by atoms with van der Waals surface area (Å²) in [6, 6.07) is 4.89. The lowest BCUT2D eigenvalue weighted by Gasteiger charge is -2.36. The molecule has 0 aromatic heterocycles. The van der Waals surface area contributed by atoms with Gasteiger partial charge >= 0.3 is 5.97 Å². The Morgan fingerprint density at radius 3 is 2.75 bits per heavy atom. The third-order valence-corrected chi connectivity index (χ3v) is 3.19. The molecule has 20 heavy (non-hydrogen) atoms. The van der Waals surface area contributed by atoms with E-state index in [-0.39, 0.29) is 30.4 Å². The lowest BCUT2D eigenvalue weighted by Crippen LogP contribution is -2.50. The fourth-order valence-electron chi connectivity index (χ4n) is 2.18. The first-order chi connectivity index (χ1) is 8.63. The molecule has 1 heterocycles. The molecule has 0 saturated carbocycles. The quantitative estimate of drug-likeness (QED) is 0.847. The number of methoxy groups -OCH3 is 1. The smallest absolute Gasteiger partial charge is 0.340 e. The monoisotopic (exact) mass is 324 g/mol. The van der Waals surface area contributed by atoms with Gasteiger partial charge in [-0.1, -0.05) is 0 Å². The summed E-state index contributed by atoms with van der Waals surface area (Å²) in [5.41, 5.74) is 0.839. The van der Waals surface area contributed by atoms with E-state index in [1.54, 1.807) is 12.1 Å². The molecule has 1 aliphatic rings. The van der Waals surface area contributed by atoms with Crippen molar-refractivity contribution in [2.24, 2.45) is 0 Å². The summed E-state index contributed by atoms with van der Waals surface area (Å²) in [5, 5.41) is 3.29. The van der Waals surface area contributed by atoms with Crippen LogP contribution in [-0.4, -0.2) is 38.8 Å². The zero-order chi connectivity index (χ0) is 13.1. The molecule has 1 aromatic carbocycles. The maximum absolute atomic E-state index is 13.5. The minimum atomic E-state index is -0.642. The molecule has 1 atom stereocenters. The van der Waals surface area contributed by atoms with E-state index in [4.69, 9.17) is 0 Å². The highest BCUT2D eigenvalue weighted by atomic mass is 35.5. The molecule has 1 aromatic rings. The summed E-state index contributed by atoms with van der Waals surface area (Å²) in [6.07, 6.45) is 0. The molecule has 2 rings (SSSR count). The molecule has 0 aliphatic carbocycles. The van der Waals surface area contributed by atoms with Crippen molar-refractivity contribution in [3.8, 4) is 0 Å². The minimum Gasteiger partial charge on any atom is -0.465 e. The number of esters is 1. The molecule has 1 saturated heterocycles. The van der Waals surface area contributed by atoms with Crippen LogP contribution < -0.4 is 10.2 Å². The number of hydrogen-bond acceptors (Lipinski definition) is 4. The number of piperazine rings is 1. The Bertz CT molecular complexity index is 460. The number of rotatable bonds is 2. The van der Waals surface area contributed by atoms with Gasteiger partial charge in [0.1, 0.15) is 5.82 Å². The van der Waals surface area contributed by atoms with Crippen LogP contribution in [0, 0.1) is 5.82 Å². The molecule has 4 nitrogen and oxygen atoms in total. The Morgan fingerprint density at radius 2 is 2.15 bits per heavy atom. The largest absolute Gasteiger partial charge is 0.465 e. The van der Waals surface area contributed by atoms with Crippen molar-refractivity contribution in [3.63, 3.8) is 0 Å². The van der Waals surface area contributed by atoms with Crippen LogP contribution in [0.4, 0.5) is 10.1 Å². The normalized spacial score (nSPS) is 17.8. The third kappa shape index (κ3) is 3.98. The van der Waals surface area contributed by atoms with Gasteiger partial charge in [0.15, 0.2) is 0 Å². The second-order valence-corrected chi connectivity index (χ2v) is 4.40. The van der Waals surface area contributed by atoms with E-state index >= 15 is 0 Å². The van der Waals surface area contributed by atoms with E-state index < -0.39 is 11.8 Å². The Hall–Kier alpha value is -1.04. The number of carbonyl (C=O) groups excluding carboxylic acids is 1. The maximum Gasteiger partial charge on any atom is 0.340 e. The van der Waals surface area contributed by atoms with Crippen molar-refractivity contribution in [1.29, 1.82) is 0 Å². The molecule has 0 bridgehead atoms. The van der Waals surface area contributed by atoms with Gasteiger partial charge in [0.05, 0.1) is 12.7 Å². The van der Waals surface area contributed by atoms with E-state index in [1.165, 1.54) is 13.2 Å². The number of nitrogens with zero attached hydrogens (tertiary/aromatic N) is 1. The molecule has 0 unspecified atom stereocenters. The number of nitrogens with one attached hydrogen (secondary N) is 1. The molecule has 1 fully saturated rings. The number of halogens is 3. The van der Waals surface area contributed by atoms with Crippen LogP contribution in [-0.2, 0) is 4.74 Å². The first-order valence-electron chi connectivity index (χ1n) is 5.98. The molecular weight excluding hydrogens is 306 g/mol. The van der Waals surface area contributed by atoms with Crippen molar-refractivity contribution in [2.75, 3.05) is 31.6 Å². The molecule has 0 radical (unpaired) electrons. The van der Waals surface area contributed by atoms with E-state index in [2.05, 4.69) is 21.9 Å². The molecule has 114 valence electrons. The Labute approximate surface area is 130 Å². The Kier molecular flexibility index (Phi) is 7.86. The lowest BCUT2D eigenvalue weighted by atomic mass is 10.1. The van der Waals surface area contributed by atoms with Crippen LogP contribution in [0.2, 0.25) is 0 Å². The summed E-state index contributed by atoms with van der Waals surface area (Å²) >= 11 is 0. The van der Waals surface area contributed by atoms with Crippen molar-refractivity contribution in [3.05, 3.63) is 29.6 Å². The second kappa shape index (κ2) is 8.29. The average Bonchev–Trinajstić information content (AvgIpc) is 2.39. The maximum atomic E-state index is 13.5. The van der Waals surface area contributed by atoms with Crippen LogP contribution in [0.1, 0.15) is 17.3 Å². The van der Waals surface area contributed by atoms with Crippen molar-refractivity contribution in [1.82, 2.24) is 5.32 Å². The summed E-state index contributed by atoms with van der Waals surface area (Å²) in [5.74, 6) is -1.19. The molecule has 0 amide bonds. The van der Waals surface area contributed by atoms with Crippen LogP contribution in [0.25, 0.3) is 0 Å². The summed E-state index contributed by atoms with van der Waals surface area (Å²) in [4.78, 5) is 13.6. The highest BCUT2D eigenvalue weighted by molar-refractivity contribution is 5.90. The second-order valence-electron chi connectivity index (χ2n) is 4.40. The number of carbonyl (C=O) groups is 1. The highest BCUT2D eigenvalue weighted by Gasteiger charge is 2.21. The lowest BCUT2D eigenvalue weighted by molar-refractivity contribution is 0.0595. The Balaban J connectivity index is 0.00000180. The number of anilines is 1. The van der Waals surface area contributed by atoms with Crippen LogP contribution in [0.3, 0.4) is 0 Å². The van der Waals surface area contributed by atoms with Gasteiger partial charge in [0.2, 0.25) is 0 Å². The van der Waals surface area contributed by atoms with E-state index in [1.807, 2.05) is 0 Å². The van der Waals surface area contributed by atoms with Gasteiger partial charge in [-0.25, -0.2) is 9.18 Å². The zero-order valence-electron chi connectivity index (χ0n) is 11.4. The molecule has 1 aliphatic heterocycles. The van der Waals surface area contributed by atoms with Crippen LogP contribution in [0.15, 0.2) is 18.2 Å². The standard InChI is InChI=1S/C13H17FN2O2.2ClH/c1-9-8-15-5-6-16(9)10-3-4-12(14)11(7-10)13(17)18-2;;/h3-4,7,9,15H,5-6,8H2,1-2H3;2*1H/t9-;;/m0../s1. The SMILES string of the molecule is COC(=O)c1cc(N2CCNC[C@@H]2C)ccc1F.Cl.Cl. The first-order valence-corrected chi connectivity index (χ1v) is 5.98. The molecule has 0 spiro atoms. The Morgan fingerprint density at radius 1 is 1.45 bits per heavy atom. The van der Waals surface area contributed by atoms with Gasteiger partial charge in [-0.2, -0.15) is 0 Å². The first kappa shape index (κ1) is 19.0. The van der Waals surface area contributed by atoms with Crippen molar-refractivity contribution < 1.29 is 13.9 Å². The average molecular weight is 325 g/mol. The van der Waals surface area contributed by atoms with Gasteiger partial charge < -0.3 is 15.0 Å². The highest BCUT2D eigenvalue weighted by Crippen LogP contribution is 2.22. The van der Waals surface area contributed by atoms with Crippen LogP contribution >= 0.6 is 24.8 Å². The third-order valence-electron chi connectivity index (χ3n) is 3.19. The molecule has 1 N–H and O–H groups in total. The summed E-state index contributed by atoms with van der Waals surface area (Å²) < 4.78 is 18.1. The topological polar surface area (TPSA) is 41.6 Å². The van der Waals surface area contributed by atoms with E-state index in [0.717, 1.165) is 25.3 Å². The fraction of sp³-hybridized carbons (Fsp3) is 0.462. The summed E-state index contributed by atoms with van der Waals surface area (Å²) in [6.45, 7) is 4.70. The van der Waals surface area contributed by atoms with Crippen molar-refractivity contribution >= 4 is 36.5 Å². The summed E-state index contributed by atoms with van der Waals surface area (Å²) in [7, 11) is 1.25. The van der Waals surface area contributed by atoms with E-state index in [9.17, 15) is 9.18 Å².